The fourth-order valence-corrected chi connectivity index (χ4v) is 1.32. The van der Waals surface area contributed by atoms with Crippen molar-refractivity contribution in [3.8, 4) is 0 Å². The number of hydrogen-bond acceptors (Lipinski definition) is 2. The number of hydrogen-bond donors (Lipinski definition) is 1. The molecule has 0 aromatic heterocycles. The van der Waals surface area contributed by atoms with Gasteiger partial charge in [0.1, 0.15) is 6.17 Å². The molecule has 0 amide bonds. The Balaban J connectivity index is 2.29. The zero-order chi connectivity index (χ0) is 8.27. The van der Waals surface area contributed by atoms with Crippen LogP contribution in [-0.4, -0.2) is 31.5 Å². The molecule has 2 atom stereocenters. The summed E-state index contributed by atoms with van der Waals surface area (Å²) in [6.45, 7) is 5.00. The van der Waals surface area contributed by atoms with E-state index in [-0.39, 0.29) is 12.6 Å². The Labute approximate surface area is 67.1 Å². The smallest absolute Gasteiger partial charge is 0.139 e. The van der Waals surface area contributed by atoms with Crippen molar-refractivity contribution >= 4 is 0 Å². The normalized spacial score (nSPS) is 32.7. The van der Waals surface area contributed by atoms with Crippen molar-refractivity contribution < 1.29 is 9.13 Å². The van der Waals surface area contributed by atoms with Crippen molar-refractivity contribution in [3.63, 3.8) is 0 Å². The lowest BCUT2D eigenvalue weighted by Crippen LogP contribution is -2.46. The van der Waals surface area contributed by atoms with Gasteiger partial charge in [-0.05, 0) is 6.42 Å². The molecule has 0 unspecified atom stereocenters. The molecule has 1 aliphatic rings. The summed E-state index contributed by atoms with van der Waals surface area (Å²) in [5, 5.41) is 3.18. The van der Waals surface area contributed by atoms with E-state index in [2.05, 4.69) is 5.32 Å². The Morgan fingerprint density at radius 2 is 2.27 bits per heavy atom. The summed E-state index contributed by atoms with van der Waals surface area (Å²) >= 11 is 0. The average Bonchev–Trinajstić information content (AvgIpc) is 1.93. The Kier molecular flexibility index (Phi) is 3.27. The van der Waals surface area contributed by atoms with Crippen molar-refractivity contribution in [2.75, 3.05) is 13.2 Å². The lowest BCUT2D eigenvalue weighted by atomic mass is 10.1. The molecular weight excluding hydrogens is 145 g/mol. The minimum absolute atomic E-state index is 0.00347. The SMILES string of the molecule is CC(C)N[C@H]1CCOC[C@@H]1F. The standard InChI is InChI=1S/C8H16FNO/c1-6(2)10-8-3-4-11-5-7(8)9/h6-8,10H,3-5H2,1-2H3/t7-,8-/m0/s1. The summed E-state index contributed by atoms with van der Waals surface area (Å²) in [6, 6.07) is 0.361. The first-order valence-corrected chi connectivity index (χ1v) is 4.18. The fourth-order valence-electron chi connectivity index (χ4n) is 1.32. The van der Waals surface area contributed by atoms with Crippen LogP contribution in [0, 0.1) is 0 Å². The molecule has 11 heavy (non-hydrogen) atoms. The van der Waals surface area contributed by atoms with Gasteiger partial charge in [0.15, 0.2) is 0 Å². The summed E-state index contributed by atoms with van der Waals surface area (Å²) in [4.78, 5) is 0. The van der Waals surface area contributed by atoms with Crippen LogP contribution in [0.1, 0.15) is 20.3 Å². The van der Waals surface area contributed by atoms with Gasteiger partial charge in [0.2, 0.25) is 0 Å². The van der Waals surface area contributed by atoms with E-state index in [1.54, 1.807) is 0 Å². The van der Waals surface area contributed by atoms with Crippen molar-refractivity contribution in [1.29, 1.82) is 0 Å². The van der Waals surface area contributed by atoms with Crippen LogP contribution in [0.2, 0.25) is 0 Å². The minimum Gasteiger partial charge on any atom is -0.378 e. The molecule has 0 saturated carbocycles. The minimum atomic E-state index is -0.828. The fraction of sp³-hybridized carbons (Fsp3) is 1.00. The van der Waals surface area contributed by atoms with Gasteiger partial charge in [-0.1, -0.05) is 13.8 Å². The van der Waals surface area contributed by atoms with Gasteiger partial charge in [-0.25, -0.2) is 4.39 Å². The van der Waals surface area contributed by atoms with E-state index >= 15 is 0 Å². The maximum atomic E-state index is 13.0. The van der Waals surface area contributed by atoms with Gasteiger partial charge in [0.25, 0.3) is 0 Å². The quantitative estimate of drug-likeness (QED) is 0.655. The third-order valence-electron chi connectivity index (χ3n) is 1.83. The highest BCUT2D eigenvalue weighted by Gasteiger charge is 2.25. The number of rotatable bonds is 2. The highest BCUT2D eigenvalue weighted by molar-refractivity contribution is 4.80. The van der Waals surface area contributed by atoms with Crippen LogP contribution in [-0.2, 0) is 4.74 Å². The van der Waals surface area contributed by atoms with Crippen LogP contribution < -0.4 is 5.32 Å². The van der Waals surface area contributed by atoms with Gasteiger partial charge < -0.3 is 10.1 Å². The molecule has 0 spiro atoms. The highest BCUT2D eigenvalue weighted by Crippen LogP contribution is 2.11. The molecule has 1 aliphatic heterocycles. The topological polar surface area (TPSA) is 21.3 Å². The summed E-state index contributed by atoms with van der Waals surface area (Å²) in [5.74, 6) is 0. The molecule has 2 nitrogen and oxygen atoms in total. The van der Waals surface area contributed by atoms with Gasteiger partial charge in [0, 0.05) is 18.7 Å². The van der Waals surface area contributed by atoms with Gasteiger partial charge in [0.05, 0.1) is 6.61 Å². The Morgan fingerprint density at radius 3 is 2.82 bits per heavy atom. The summed E-state index contributed by atoms with van der Waals surface area (Å²) < 4.78 is 18.0. The predicted molar refractivity (Wildman–Crippen MR) is 42.4 cm³/mol. The Morgan fingerprint density at radius 1 is 1.55 bits per heavy atom. The lowest BCUT2D eigenvalue weighted by Gasteiger charge is -2.28. The number of ether oxygens (including phenoxy) is 1. The van der Waals surface area contributed by atoms with Crippen LogP contribution in [0.15, 0.2) is 0 Å². The monoisotopic (exact) mass is 161 g/mol. The van der Waals surface area contributed by atoms with E-state index in [0.717, 1.165) is 6.42 Å². The highest BCUT2D eigenvalue weighted by atomic mass is 19.1. The molecule has 1 saturated heterocycles. The first kappa shape index (κ1) is 8.94. The van der Waals surface area contributed by atoms with Crippen molar-refractivity contribution in [3.05, 3.63) is 0 Å². The van der Waals surface area contributed by atoms with E-state index in [0.29, 0.717) is 12.6 Å². The van der Waals surface area contributed by atoms with Crippen molar-refractivity contribution in [2.24, 2.45) is 0 Å². The molecule has 0 aliphatic carbocycles. The summed E-state index contributed by atoms with van der Waals surface area (Å²) in [5.41, 5.74) is 0. The molecule has 0 aromatic carbocycles. The zero-order valence-electron chi connectivity index (χ0n) is 7.14. The second-order valence-corrected chi connectivity index (χ2v) is 3.31. The molecule has 1 fully saturated rings. The molecule has 1 N–H and O–H groups in total. The van der Waals surface area contributed by atoms with Gasteiger partial charge in [-0.3, -0.25) is 0 Å². The lowest BCUT2D eigenvalue weighted by molar-refractivity contribution is 0.0120. The van der Waals surface area contributed by atoms with E-state index in [1.807, 2.05) is 13.8 Å². The summed E-state index contributed by atoms with van der Waals surface area (Å²) in [6.07, 6.45) is -0.0366. The predicted octanol–water partition coefficient (Wildman–Crippen LogP) is 1.11. The molecule has 3 heteroatoms. The first-order chi connectivity index (χ1) is 5.20. The third kappa shape index (κ3) is 2.75. The van der Waals surface area contributed by atoms with Crippen LogP contribution in [0.5, 0.6) is 0 Å². The van der Waals surface area contributed by atoms with Crippen molar-refractivity contribution in [2.45, 2.75) is 38.5 Å². The molecule has 0 aromatic rings. The number of alkyl halides is 1. The van der Waals surface area contributed by atoms with Crippen LogP contribution >= 0.6 is 0 Å². The van der Waals surface area contributed by atoms with Crippen LogP contribution in [0.4, 0.5) is 4.39 Å². The first-order valence-electron chi connectivity index (χ1n) is 4.18. The van der Waals surface area contributed by atoms with Crippen molar-refractivity contribution in [1.82, 2.24) is 5.32 Å². The Hall–Kier alpha value is -0.150. The van der Waals surface area contributed by atoms with E-state index in [4.69, 9.17) is 4.74 Å². The van der Waals surface area contributed by atoms with Crippen LogP contribution in [0.25, 0.3) is 0 Å². The Bertz CT molecular complexity index is 119. The maximum Gasteiger partial charge on any atom is 0.139 e. The maximum absolute atomic E-state index is 13.0. The molecule has 1 rings (SSSR count). The third-order valence-corrected chi connectivity index (χ3v) is 1.83. The largest absolute Gasteiger partial charge is 0.378 e. The van der Waals surface area contributed by atoms with E-state index in [9.17, 15) is 4.39 Å². The molecule has 0 bridgehead atoms. The second-order valence-electron chi connectivity index (χ2n) is 3.31. The molecular formula is C8H16FNO. The van der Waals surface area contributed by atoms with Gasteiger partial charge >= 0.3 is 0 Å². The van der Waals surface area contributed by atoms with Gasteiger partial charge in [-0.2, -0.15) is 0 Å². The summed E-state index contributed by atoms with van der Waals surface area (Å²) in [7, 11) is 0. The number of halogens is 1. The molecule has 66 valence electrons. The van der Waals surface area contributed by atoms with Crippen LogP contribution in [0.3, 0.4) is 0 Å². The average molecular weight is 161 g/mol. The van der Waals surface area contributed by atoms with E-state index in [1.165, 1.54) is 0 Å². The zero-order valence-corrected chi connectivity index (χ0v) is 7.14. The molecule has 1 heterocycles. The van der Waals surface area contributed by atoms with Gasteiger partial charge in [-0.15, -0.1) is 0 Å². The number of nitrogens with one attached hydrogen (secondary N) is 1. The van der Waals surface area contributed by atoms with E-state index < -0.39 is 6.17 Å². The second kappa shape index (κ2) is 4.02. The molecule has 0 radical (unpaired) electrons.